The van der Waals surface area contributed by atoms with Crippen LogP contribution in [0.5, 0.6) is 11.5 Å². The third kappa shape index (κ3) is 5.79. The summed E-state index contributed by atoms with van der Waals surface area (Å²) in [5.41, 5.74) is 6.52. The third-order valence-corrected chi connectivity index (χ3v) is 8.91. The van der Waals surface area contributed by atoms with Crippen molar-refractivity contribution in [3.63, 3.8) is 0 Å². The molecule has 1 fully saturated rings. The molecule has 0 saturated carbocycles. The van der Waals surface area contributed by atoms with Crippen LogP contribution in [0, 0.1) is 17.0 Å². The number of nitrogens with two attached hydrogens (primary N) is 1. The van der Waals surface area contributed by atoms with Gasteiger partial charge in [0.05, 0.1) is 37.1 Å². The molecule has 14 heteroatoms. The molecule has 1 atom stereocenters. The topological polar surface area (TPSA) is 159 Å². The van der Waals surface area contributed by atoms with Gasteiger partial charge in [0.1, 0.15) is 41.2 Å². The summed E-state index contributed by atoms with van der Waals surface area (Å²) in [7, 11) is 1.45. The number of methoxy groups -OCH3 is 1. The van der Waals surface area contributed by atoms with Gasteiger partial charge in [0, 0.05) is 46.8 Å². The van der Waals surface area contributed by atoms with Gasteiger partial charge < -0.3 is 35.4 Å². The molecule has 43 heavy (non-hydrogen) atoms. The monoisotopic (exact) mass is 612 g/mol. The summed E-state index contributed by atoms with van der Waals surface area (Å²) in [5.74, 6) is -1.37. The average molecular weight is 613 g/mol. The normalized spacial score (nSPS) is 17.4. The summed E-state index contributed by atoms with van der Waals surface area (Å²) in [6.45, 7) is 3.67. The number of primary amides is 1. The van der Waals surface area contributed by atoms with Gasteiger partial charge >= 0.3 is 0 Å². The zero-order valence-corrected chi connectivity index (χ0v) is 24.5. The van der Waals surface area contributed by atoms with Gasteiger partial charge in [-0.3, -0.25) is 9.59 Å². The Morgan fingerprint density at radius 1 is 1.26 bits per heavy atom. The largest absolute Gasteiger partial charge is 0.616 e. The van der Waals surface area contributed by atoms with Crippen LogP contribution in [-0.2, 0) is 22.6 Å². The van der Waals surface area contributed by atoms with Crippen molar-refractivity contribution < 1.29 is 32.4 Å². The molecule has 4 N–H and O–H groups in total. The Balaban J connectivity index is 1.72. The molecule has 2 aliphatic heterocycles. The fourth-order valence-electron chi connectivity index (χ4n) is 5.30. The van der Waals surface area contributed by atoms with Crippen LogP contribution in [0.4, 0.5) is 8.78 Å². The molecule has 1 saturated heterocycles. The number of carbonyl (C=O) groups excluding carboxylic acids is 2. The number of hydrogen-bond acceptors (Lipinski definition) is 8. The maximum atomic E-state index is 14.4. The molecule has 2 amide bonds. The second kappa shape index (κ2) is 11.7. The van der Waals surface area contributed by atoms with E-state index in [2.05, 4.69) is 10.4 Å². The highest BCUT2D eigenvalue weighted by Gasteiger charge is 2.43. The van der Waals surface area contributed by atoms with Crippen LogP contribution in [0.1, 0.15) is 35.5 Å². The Morgan fingerprint density at radius 2 is 1.98 bits per heavy atom. The number of fused-ring (bicyclic) bond motifs is 3. The fraction of sp³-hybridized carbons (Fsp3) is 0.310. The molecule has 0 spiro atoms. The minimum Gasteiger partial charge on any atom is -0.616 e. The maximum Gasteiger partial charge on any atom is 0.275 e. The number of aromatic nitrogens is 2. The Kier molecular flexibility index (Phi) is 8.16. The Labute approximate surface area is 249 Å². The Bertz CT molecular complexity index is 1640. The molecule has 5 rings (SSSR count). The van der Waals surface area contributed by atoms with E-state index in [0.717, 1.165) is 24.4 Å². The number of amides is 2. The van der Waals surface area contributed by atoms with Gasteiger partial charge in [-0.15, -0.1) is 0 Å². The number of rotatable bonds is 8. The summed E-state index contributed by atoms with van der Waals surface area (Å²) >= 11 is -1.08. The first-order valence-corrected chi connectivity index (χ1v) is 14.8. The van der Waals surface area contributed by atoms with Crippen molar-refractivity contribution in [3.05, 3.63) is 65.0 Å². The molecular weight excluding hydrogens is 582 g/mol. The minimum absolute atomic E-state index is 0.0365. The summed E-state index contributed by atoms with van der Waals surface area (Å²) in [4.78, 5) is 26.9. The average Bonchev–Trinajstić information content (AvgIpc) is 3.33. The van der Waals surface area contributed by atoms with E-state index < -0.39 is 40.2 Å². The molecule has 11 nitrogen and oxygen atoms in total. The first-order chi connectivity index (χ1) is 20.4. The van der Waals surface area contributed by atoms with Crippen molar-refractivity contribution in [1.29, 1.82) is 5.41 Å². The zero-order valence-electron chi connectivity index (χ0n) is 23.7. The number of benzene rings is 2. The van der Waals surface area contributed by atoms with Crippen molar-refractivity contribution in [2.24, 2.45) is 5.73 Å². The van der Waals surface area contributed by atoms with E-state index in [9.17, 15) is 22.9 Å². The lowest BCUT2D eigenvalue weighted by molar-refractivity contribution is -0.117. The maximum absolute atomic E-state index is 14.4. The predicted octanol–water partition coefficient (Wildman–Crippen LogP) is 2.77. The van der Waals surface area contributed by atoms with Gasteiger partial charge in [-0.1, -0.05) is 0 Å². The number of ether oxygens (including phenoxy) is 2. The van der Waals surface area contributed by atoms with E-state index in [1.165, 1.54) is 18.0 Å². The van der Waals surface area contributed by atoms with E-state index in [1.54, 1.807) is 17.0 Å². The Hall–Kier alpha value is -4.43. The standard InChI is InChI=1S/C29H30F2N6O5S/c1-29(2)15-43(40)5-4-36(29)28(39)26-22-14-42-24-10-23(41-3)20(16(11-32)12-34-13-25(33)38)9-21(24)27(22)37(35-26)19-7-17(30)6-18(31)8-19/h6-12,32,34H,4-5,13-15H2,1-3H3,(H2,33,38)/b16-12+,32-11?. The van der Waals surface area contributed by atoms with Crippen LogP contribution in [0.2, 0.25) is 0 Å². The molecule has 1 unspecified atom stereocenters. The number of nitrogens with one attached hydrogen (secondary N) is 2. The van der Waals surface area contributed by atoms with Crippen LogP contribution in [0.3, 0.4) is 0 Å². The van der Waals surface area contributed by atoms with Crippen molar-refractivity contribution in [3.8, 4) is 28.4 Å². The number of hydrogen-bond donors (Lipinski definition) is 3. The molecule has 2 aliphatic rings. The van der Waals surface area contributed by atoms with Gasteiger partial charge in [-0.25, -0.2) is 13.5 Å². The summed E-state index contributed by atoms with van der Waals surface area (Å²) < 4.78 is 54.1. The highest BCUT2D eigenvalue weighted by Crippen LogP contribution is 2.45. The number of halogens is 2. The zero-order chi connectivity index (χ0) is 31.1. The molecule has 0 bridgehead atoms. The smallest absolute Gasteiger partial charge is 0.275 e. The Morgan fingerprint density at radius 3 is 2.60 bits per heavy atom. The molecule has 0 radical (unpaired) electrons. The van der Waals surface area contributed by atoms with Crippen LogP contribution in [0.15, 0.2) is 36.5 Å². The molecule has 1 aromatic heterocycles. The lowest BCUT2D eigenvalue weighted by atomic mass is 9.96. The second-order valence-corrected chi connectivity index (χ2v) is 12.3. The highest BCUT2D eigenvalue weighted by molar-refractivity contribution is 7.91. The van der Waals surface area contributed by atoms with Crippen LogP contribution in [-0.4, -0.2) is 74.5 Å². The minimum atomic E-state index is -1.08. The third-order valence-electron chi connectivity index (χ3n) is 7.24. The first kappa shape index (κ1) is 30.0. The van der Waals surface area contributed by atoms with Crippen LogP contribution < -0.4 is 20.5 Å². The van der Waals surface area contributed by atoms with Crippen molar-refractivity contribution in [1.82, 2.24) is 20.0 Å². The molecule has 3 heterocycles. The van der Waals surface area contributed by atoms with E-state index in [-0.39, 0.29) is 31.1 Å². The lowest BCUT2D eigenvalue weighted by Gasteiger charge is -2.41. The van der Waals surface area contributed by atoms with Crippen LogP contribution >= 0.6 is 0 Å². The lowest BCUT2D eigenvalue weighted by Crippen LogP contribution is -2.57. The van der Waals surface area contributed by atoms with Crippen molar-refractivity contribution in [2.45, 2.75) is 26.0 Å². The van der Waals surface area contributed by atoms with E-state index in [1.807, 2.05) is 13.8 Å². The van der Waals surface area contributed by atoms with Crippen molar-refractivity contribution >= 4 is 34.8 Å². The second-order valence-electron chi connectivity index (χ2n) is 10.7. The molecular formula is C29H30F2N6O5S. The van der Waals surface area contributed by atoms with Crippen molar-refractivity contribution in [2.75, 3.05) is 31.7 Å². The predicted molar refractivity (Wildman–Crippen MR) is 157 cm³/mol. The molecule has 3 aromatic rings. The van der Waals surface area contributed by atoms with E-state index in [4.69, 9.17) is 20.6 Å². The summed E-state index contributed by atoms with van der Waals surface area (Å²) in [6.07, 6.45) is 2.49. The van der Waals surface area contributed by atoms with E-state index in [0.29, 0.717) is 51.0 Å². The quantitative estimate of drug-likeness (QED) is 0.261. The number of nitrogens with zero attached hydrogens (tertiary/aromatic N) is 3. The summed E-state index contributed by atoms with van der Waals surface area (Å²) in [5, 5.41) is 15.3. The first-order valence-electron chi connectivity index (χ1n) is 13.3. The molecule has 2 aromatic carbocycles. The summed E-state index contributed by atoms with van der Waals surface area (Å²) in [6, 6.07) is 6.21. The van der Waals surface area contributed by atoms with Gasteiger partial charge in [0.15, 0.2) is 5.69 Å². The van der Waals surface area contributed by atoms with Gasteiger partial charge in [0.25, 0.3) is 5.91 Å². The fourth-order valence-corrected chi connectivity index (χ4v) is 6.77. The van der Waals surface area contributed by atoms with Gasteiger partial charge in [0.2, 0.25) is 5.91 Å². The van der Waals surface area contributed by atoms with Gasteiger partial charge in [-0.2, -0.15) is 5.10 Å². The highest BCUT2D eigenvalue weighted by atomic mass is 32.2. The SMILES string of the molecule is COc1cc2c(cc1/C(C=N)=C/NCC(N)=O)-c1c(c(C(=O)N3CC[S+]([O-])CC3(C)C)nn1-c1cc(F)cc(F)c1)CO2. The number of allylic oxidation sites excluding steroid dienone is 1. The molecule has 226 valence electrons. The number of carbonyl (C=O) groups is 2. The molecule has 0 aliphatic carbocycles. The van der Waals surface area contributed by atoms with Gasteiger partial charge in [-0.05, 0) is 43.2 Å². The van der Waals surface area contributed by atoms with E-state index >= 15 is 0 Å². The van der Waals surface area contributed by atoms with Crippen LogP contribution in [0.25, 0.3) is 22.5 Å².